The molecule has 0 bridgehead atoms. The van der Waals surface area contributed by atoms with Crippen LogP contribution in [0.25, 0.3) is 0 Å². The predicted octanol–water partition coefficient (Wildman–Crippen LogP) is 3.72. The van der Waals surface area contributed by atoms with E-state index in [1.807, 2.05) is 19.0 Å². The summed E-state index contributed by atoms with van der Waals surface area (Å²) >= 11 is 6.07. The first kappa shape index (κ1) is 21.2. The lowest BCUT2D eigenvalue weighted by Gasteiger charge is -2.25. The van der Waals surface area contributed by atoms with Gasteiger partial charge in [0.05, 0.1) is 27.3 Å². The maximum absolute atomic E-state index is 12.8. The second-order valence-corrected chi connectivity index (χ2v) is 6.79. The number of carbonyl (C=O) groups excluding carboxylic acids is 1. The first-order valence-electron chi connectivity index (χ1n) is 8.44. The molecule has 0 heterocycles. The van der Waals surface area contributed by atoms with Crippen LogP contribution in [0.1, 0.15) is 11.1 Å². The molecule has 0 fully saturated rings. The van der Waals surface area contributed by atoms with Gasteiger partial charge in [0.1, 0.15) is 0 Å². The minimum atomic E-state index is -0.550. The number of carbonyl (C=O) groups is 1. The number of anilines is 1. The molecule has 2 aromatic rings. The number of urea groups is 1. The van der Waals surface area contributed by atoms with Crippen molar-refractivity contribution in [1.29, 1.82) is 5.26 Å². The summed E-state index contributed by atoms with van der Waals surface area (Å²) in [7, 11) is 3.82. The second-order valence-electron chi connectivity index (χ2n) is 6.38. The molecule has 0 aromatic heterocycles. The highest BCUT2D eigenvalue weighted by atomic mass is 35.5. The first-order chi connectivity index (χ1) is 13.3. The van der Waals surface area contributed by atoms with Crippen LogP contribution in [0.4, 0.5) is 16.2 Å². The Kier molecular flexibility index (Phi) is 7.32. The minimum Gasteiger partial charge on any atom is -0.319 e. The number of halogens is 1. The third-order valence-electron chi connectivity index (χ3n) is 3.97. The van der Waals surface area contributed by atoms with Crippen molar-refractivity contribution < 1.29 is 9.72 Å². The molecule has 2 aromatic carbocycles. The molecule has 0 spiro atoms. The maximum atomic E-state index is 12.8. The van der Waals surface area contributed by atoms with Gasteiger partial charge in [-0.15, -0.1) is 0 Å². The highest BCUT2D eigenvalue weighted by Crippen LogP contribution is 2.27. The highest BCUT2D eigenvalue weighted by molar-refractivity contribution is 6.33. The van der Waals surface area contributed by atoms with Gasteiger partial charge in [0.15, 0.2) is 0 Å². The number of non-ortho nitro benzene ring substituents is 1. The molecular formula is C19H20ClN5O3. The van der Waals surface area contributed by atoms with E-state index in [4.69, 9.17) is 16.9 Å². The summed E-state index contributed by atoms with van der Waals surface area (Å²) < 4.78 is 0. The monoisotopic (exact) mass is 401 g/mol. The Morgan fingerprint density at radius 2 is 1.89 bits per heavy atom. The Balaban J connectivity index is 2.16. The fourth-order valence-corrected chi connectivity index (χ4v) is 2.61. The van der Waals surface area contributed by atoms with E-state index in [-0.39, 0.29) is 16.7 Å². The maximum Gasteiger partial charge on any atom is 0.322 e. The standard InChI is InChI=1S/C19H20ClN5O3/c1-23(2)9-10-24(13-15-5-3-14(12-21)4-6-15)19(26)22-18-8-7-16(25(27)28)11-17(18)20/h3-8,11H,9-10,13H2,1-2H3,(H,22,26). The molecule has 0 aliphatic carbocycles. The van der Waals surface area contributed by atoms with Crippen molar-refractivity contribution >= 4 is 29.0 Å². The number of nitro groups is 1. The van der Waals surface area contributed by atoms with E-state index in [0.717, 1.165) is 5.56 Å². The molecule has 0 atom stereocenters. The van der Waals surface area contributed by atoms with Crippen LogP contribution in [0.5, 0.6) is 0 Å². The Labute approximate surface area is 168 Å². The molecule has 2 amide bonds. The number of hydrogen-bond acceptors (Lipinski definition) is 5. The quantitative estimate of drug-likeness (QED) is 0.562. The van der Waals surface area contributed by atoms with Crippen molar-refractivity contribution in [3.8, 4) is 6.07 Å². The van der Waals surface area contributed by atoms with Crippen LogP contribution in [0.15, 0.2) is 42.5 Å². The van der Waals surface area contributed by atoms with E-state index < -0.39 is 4.92 Å². The first-order valence-corrected chi connectivity index (χ1v) is 8.81. The van der Waals surface area contributed by atoms with E-state index in [1.165, 1.54) is 18.2 Å². The van der Waals surface area contributed by atoms with Crippen molar-refractivity contribution in [2.24, 2.45) is 0 Å². The van der Waals surface area contributed by atoms with Gasteiger partial charge in [0, 0.05) is 31.8 Å². The SMILES string of the molecule is CN(C)CCN(Cc1ccc(C#N)cc1)C(=O)Nc1ccc([N+](=O)[O-])cc1Cl. The Bertz CT molecular complexity index is 893. The lowest BCUT2D eigenvalue weighted by Crippen LogP contribution is -2.39. The third kappa shape index (κ3) is 5.94. The minimum absolute atomic E-state index is 0.0912. The molecule has 2 rings (SSSR count). The average Bonchev–Trinajstić information content (AvgIpc) is 2.66. The molecule has 28 heavy (non-hydrogen) atoms. The van der Waals surface area contributed by atoms with Gasteiger partial charge in [-0.1, -0.05) is 23.7 Å². The van der Waals surface area contributed by atoms with Gasteiger partial charge in [-0.3, -0.25) is 10.1 Å². The lowest BCUT2D eigenvalue weighted by molar-refractivity contribution is -0.384. The van der Waals surface area contributed by atoms with E-state index in [2.05, 4.69) is 11.4 Å². The Hall–Kier alpha value is -3.15. The molecule has 0 unspecified atom stereocenters. The molecule has 0 aliphatic heterocycles. The van der Waals surface area contributed by atoms with Crippen molar-refractivity contribution in [2.45, 2.75) is 6.54 Å². The largest absolute Gasteiger partial charge is 0.322 e. The summed E-state index contributed by atoms with van der Waals surface area (Å²) in [4.78, 5) is 26.6. The van der Waals surface area contributed by atoms with E-state index in [1.54, 1.807) is 29.2 Å². The molecule has 0 saturated carbocycles. The van der Waals surface area contributed by atoms with Crippen LogP contribution in [0, 0.1) is 21.4 Å². The molecule has 146 valence electrons. The van der Waals surface area contributed by atoms with Crippen LogP contribution in [-0.2, 0) is 6.54 Å². The normalized spacial score (nSPS) is 10.4. The number of nitrogens with one attached hydrogen (secondary N) is 1. The number of nitro benzene ring substituents is 1. The van der Waals surface area contributed by atoms with E-state index >= 15 is 0 Å². The van der Waals surface area contributed by atoms with Gasteiger partial charge in [-0.25, -0.2) is 4.79 Å². The molecule has 0 aliphatic rings. The van der Waals surface area contributed by atoms with Crippen LogP contribution in [-0.4, -0.2) is 47.9 Å². The summed E-state index contributed by atoms with van der Waals surface area (Å²) in [5, 5.41) is 22.5. The topological polar surface area (TPSA) is 103 Å². The number of likely N-dealkylation sites (N-methyl/N-ethyl adjacent to an activating group) is 1. The zero-order valence-electron chi connectivity index (χ0n) is 15.6. The molecule has 0 saturated heterocycles. The summed E-state index contributed by atoms with van der Waals surface area (Å²) in [5.41, 5.74) is 1.57. The number of amides is 2. The summed E-state index contributed by atoms with van der Waals surface area (Å²) in [6, 6.07) is 12.6. The number of benzene rings is 2. The molecule has 0 radical (unpaired) electrons. The third-order valence-corrected chi connectivity index (χ3v) is 4.28. The molecule has 1 N–H and O–H groups in total. The lowest BCUT2D eigenvalue weighted by atomic mass is 10.1. The van der Waals surface area contributed by atoms with Gasteiger partial charge in [-0.2, -0.15) is 5.26 Å². The summed E-state index contributed by atoms with van der Waals surface area (Å²) in [5.74, 6) is 0. The fourth-order valence-electron chi connectivity index (χ4n) is 2.39. The number of nitrogens with zero attached hydrogens (tertiary/aromatic N) is 4. The van der Waals surface area contributed by atoms with Gasteiger partial charge in [0.25, 0.3) is 5.69 Å². The van der Waals surface area contributed by atoms with Crippen molar-refractivity contribution in [3.05, 3.63) is 68.7 Å². The van der Waals surface area contributed by atoms with Gasteiger partial charge in [-0.05, 0) is 37.9 Å². The summed E-state index contributed by atoms with van der Waals surface area (Å²) in [6.07, 6.45) is 0. The fraction of sp³-hybridized carbons (Fsp3) is 0.263. The average molecular weight is 402 g/mol. The van der Waals surface area contributed by atoms with Gasteiger partial charge in [0.2, 0.25) is 0 Å². The van der Waals surface area contributed by atoms with Crippen LogP contribution in [0.2, 0.25) is 5.02 Å². The van der Waals surface area contributed by atoms with E-state index in [0.29, 0.717) is 30.9 Å². The Morgan fingerprint density at radius 1 is 1.21 bits per heavy atom. The van der Waals surface area contributed by atoms with Crippen LogP contribution in [0.3, 0.4) is 0 Å². The van der Waals surface area contributed by atoms with Crippen molar-refractivity contribution in [2.75, 3.05) is 32.5 Å². The summed E-state index contributed by atoms with van der Waals surface area (Å²) in [6.45, 7) is 1.46. The zero-order valence-corrected chi connectivity index (χ0v) is 16.3. The van der Waals surface area contributed by atoms with Crippen LogP contribution >= 0.6 is 11.6 Å². The van der Waals surface area contributed by atoms with E-state index in [9.17, 15) is 14.9 Å². The number of hydrogen-bond donors (Lipinski definition) is 1. The van der Waals surface area contributed by atoms with Gasteiger partial charge < -0.3 is 15.1 Å². The molecule has 9 heteroatoms. The second kappa shape index (κ2) is 9.69. The predicted molar refractivity (Wildman–Crippen MR) is 107 cm³/mol. The zero-order chi connectivity index (χ0) is 20.7. The Morgan fingerprint density at radius 3 is 2.43 bits per heavy atom. The molecule has 8 nitrogen and oxygen atoms in total. The highest BCUT2D eigenvalue weighted by Gasteiger charge is 2.17. The smallest absolute Gasteiger partial charge is 0.319 e. The molecular weight excluding hydrogens is 382 g/mol. The van der Waals surface area contributed by atoms with Crippen molar-refractivity contribution in [3.63, 3.8) is 0 Å². The van der Waals surface area contributed by atoms with Crippen molar-refractivity contribution in [1.82, 2.24) is 9.80 Å². The van der Waals surface area contributed by atoms with Crippen LogP contribution < -0.4 is 5.32 Å². The van der Waals surface area contributed by atoms with Gasteiger partial charge >= 0.3 is 6.03 Å². The number of rotatable bonds is 7. The number of nitriles is 1.